The highest BCUT2D eigenvalue weighted by Crippen LogP contribution is 2.23. The Balaban J connectivity index is 1.92. The number of aryl methyl sites for hydroxylation is 1. The number of hydrogen-bond acceptors (Lipinski definition) is 6. The van der Waals surface area contributed by atoms with Crippen LogP contribution in [0.5, 0.6) is 0 Å². The highest BCUT2D eigenvalue weighted by atomic mass is 32.2. The van der Waals surface area contributed by atoms with E-state index in [2.05, 4.69) is 27.2 Å². The molecule has 1 aromatic rings. The number of nitrogens with zero attached hydrogens (tertiary/aromatic N) is 5. The summed E-state index contributed by atoms with van der Waals surface area (Å²) in [6.45, 7) is 3.49. The van der Waals surface area contributed by atoms with E-state index in [0.717, 1.165) is 19.1 Å². The molecular weight excluding hydrogens is 308 g/mol. The van der Waals surface area contributed by atoms with Crippen molar-refractivity contribution >= 4 is 15.9 Å². The van der Waals surface area contributed by atoms with Gasteiger partial charge in [0, 0.05) is 25.6 Å². The maximum Gasteiger partial charge on any atom is 0.224 e. The van der Waals surface area contributed by atoms with Crippen LogP contribution in [0.2, 0.25) is 0 Å². The monoisotopic (exact) mass is 330 g/mol. The number of rotatable bonds is 7. The van der Waals surface area contributed by atoms with E-state index in [1.54, 1.807) is 4.90 Å². The minimum Gasteiger partial charge on any atom is -0.341 e. The lowest BCUT2D eigenvalue weighted by atomic mass is 9.99. The van der Waals surface area contributed by atoms with E-state index in [9.17, 15) is 13.2 Å². The second-order valence-electron chi connectivity index (χ2n) is 5.67. The zero-order chi connectivity index (χ0) is 16.2. The lowest BCUT2D eigenvalue weighted by Crippen LogP contribution is -2.40. The molecule has 10 heteroatoms. The van der Waals surface area contributed by atoms with Crippen molar-refractivity contribution in [2.24, 2.45) is 5.92 Å². The molecule has 1 amide bonds. The van der Waals surface area contributed by atoms with Crippen molar-refractivity contribution in [1.29, 1.82) is 0 Å². The van der Waals surface area contributed by atoms with Crippen LogP contribution in [0.1, 0.15) is 26.2 Å². The van der Waals surface area contributed by atoms with Gasteiger partial charge in [-0.1, -0.05) is 13.3 Å². The Labute approximate surface area is 130 Å². The van der Waals surface area contributed by atoms with Gasteiger partial charge < -0.3 is 4.90 Å². The van der Waals surface area contributed by atoms with Crippen molar-refractivity contribution in [2.45, 2.75) is 38.8 Å². The van der Waals surface area contributed by atoms with Crippen LogP contribution in [0.4, 0.5) is 0 Å². The average molecular weight is 330 g/mol. The van der Waals surface area contributed by atoms with Crippen LogP contribution in [-0.2, 0) is 21.4 Å². The molecule has 1 aliphatic heterocycles. The van der Waals surface area contributed by atoms with E-state index in [-0.39, 0.29) is 17.9 Å². The Morgan fingerprint density at radius 3 is 2.77 bits per heavy atom. The fourth-order valence-electron chi connectivity index (χ4n) is 2.80. The SMILES string of the molecule is CCC[C@@H]1CN(C(=O)CCn2cnnn2)C[C@H]1NS(C)(=O)=O. The second kappa shape index (κ2) is 7.14. The van der Waals surface area contributed by atoms with Gasteiger partial charge in [0.05, 0.1) is 12.8 Å². The summed E-state index contributed by atoms with van der Waals surface area (Å²) in [5.74, 6) is 0.158. The molecule has 124 valence electrons. The lowest BCUT2D eigenvalue weighted by Gasteiger charge is -2.17. The minimum absolute atomic E-state index is 0.00518. The fraction of sp³-hybridized carbons (Fsp3) is 0.833. The first-order valence-corrected chi connectivity index (χ1v) is 9.24. The van der Waals surface area contributed by atoms with Crippen LogP contribution in [-0.4, -0.2) is 64.8 Å². The standard InChI is InChI=1S/C12H22N6O3S/c1-3-4-10-7-17(8-11(10)14-22(2,20)21)12(19)5-6-18-9-13-15-16-18/h9-11,14H,3-8H2,1-2H3/t10-,11-/m1/s1. The van der Waals surface area contributed by atoms with Gasteiger partial charge in [0.25, 0.3) is 0 Å². The number of likely N-dealkylation sites (tertiary alicyclic amines) is 1. The average Bonchev–Trinajstić information content (AvgIpc) is 3.05. The summed E-state index contributed by atoms with van der Waals surface area (Å²) < 4.78 is 27.1. The Kier molecular flexibility index (Phi) is 5.46. The Hall–Kier alpha value is -1.55. The number of tetrazole rings is 1. The van der Waals surface area contributed by atoms with E-state index in [1.807, 2.05) is 0 Å². The highest BCUT2D eigenvalue weighted by Gasteiger charge is 2.35. The van der Waals surface area contributed by atoms with Gasteiger partial charge in [0.2, 0.25) is 15.9 Å². The van der Waals surface area contributed by atoms with E-state index in [0.29, 0.717) is 26.1 Å². The first-order valence-electron chi connectivity index (χ1n) is 7.35. The summed E-state index contributed by atoms with van der Waals surface area (Å²) in [7, 11) is -3.27. The van der Waals surface area contributed by atoms with Crippen LogP contribution >= 0.6 is 0 Å². The molecular formula is C12H22N6O3S. The van der Waals surface area contributed by atoms with Crippen molar-refractivity contribution in [3.8, 4) is 0 Å². The molecule has 0 radical (unpaired) electrons. The van der Waals surface area contributed by atoms with Gasteiger partial charge in [-0.2, -0.15) is 0 Å². The summed E-state index contributed by atoms with van der Waals surface area (Å²) in [4.78, 5) is 14.0. The molecule has 1 aromatic heterocycles. The molecule has 1 fully saturated rings. The lowest BCUT2D eigenvalue weighted by molar-refractivity contribution is -0.130. The van der Waals surface area contributed by atoms with Crippen LogP contribution in [0.3, 0.4) is 0 Å². The summed E-state index contributed by atoms with van der Waals surface area (Å²) in [6.07, 6.45) is 4.77. The molecule has 1 aliphatic rings. The zero-order valence-electron chi connectivity index (χ0n) is 12.8. The summed E-state index contributed by atoms with van der Waals surface area (Å²) in [6, 6.07) is -0.202. The van der Waals surface area contributed by atoms with E-state index >= 15 is 0 Å². The van der Waals surface area contributed by atoms with Crippen LogP contribution in [0.25, 0.3) is 0 Å². The minimum atomic E-state index is -3.27. The number of aromatic nitrogens is 4. The van der Waals surface area contributed by atoms with E-state index in [4.69, 9.17) is 0 Å². The third-order valence-corrected chi connectivity index (χ3v) is 4.50. The molecule has 9 nitrogen and oxygen atoms in total. The van der Waals surface area contributed by atoms with Crippen LogP contribution < -0.4 is 4.72 Å². The number of sulfonamides is 1. The van der Waals surface area contributed by atoms with E-state index < -0.39 is 10.0 Å². The summed E-state index contributed by atoms with van der Waals surface area (Å²) >= 11 is 0. The largest absolute Gasteiger partial charge is 0.341 e. The smallest absolute Gasteiger partial charge is 0.224 e. The van der Waals surface area contributed by atoms with Gasteiger partial charge in [-0.25, -0.2) is 17.8 Å². The van der Waals surface area contributed by atoms with Gasteiger partial charge in [0.1, 0.15) is 6.33 Å². The van der Waals surface area contributed by atoms with Crippen molar-refractivity contribution < 1.29 is 13.2 Å². The molecule has 2 atom stereocenters. The normalized spacial score (nSPS) is 22.2. The molecule has 0 spiro atoms. The fourth-order valence-corrected chi connectivity index (χ4v) is 3.61. The van der Waals surface area contributed by atoms with Gasteiger partial charge in [-0.15, -0.1) is 5.10 Å². The van der Waals surface area contributed by atoms with Gasteiger partial charge in [0.15, 0.2) is 0 Å². The first kappa shape index (κ1) is 16.8. The number of carbonyl (C=O) groups is 1. The molecule has 0 unspecified atom stereocenters. The number of nitrogens with one attached hydrogen (secondary N) is 1. The Morgan fingerprint density at radius 1 is 1.41 bits per heavy atom. The topological polar surface area (TPSA) is 110 Å². The third-order valence-electron chi connectivity index (χ3n) is 3.76. The quantitative estimate of drug-likeness (QED) is 0.703. The molecule has 2 rings (SSSR count). The zero-order valence-corrected chi connectivity index (χ0v) is 13.7. The molecule has 0 aromatic carbocycles. The number of amides is 1. The van der Waals surface area contributed by atoms with Crippen molar-refractivity contribution in [1.82, 2.24) is 29.8 Å². The number of carbonyl (C=O) groups excluding carboxylic acids is 1. The van der Waals surface area contributed by atoms with E-state index in [1.165, 1.54) is 11.0 Å². The molecule has 0 aliphatic carbocycles. The first-order chi connectivity index (χ1) is 10.4. The molecule has 0 saturated carbocycles. The molecule has 1 N–H and O–H groups in total. The van der Waals surface area contributed by atoms with Crippen molar-refractivity contribution in [3.05, 3.63) is 6.33 Å². The van der Waals surface area contributed by atoms with Gasteiger partial charge in [-0.05, 0) is 22.8 Å². The van der Waals surface area contributed by atoms with Crippen molar-refractivity contribution in [2.75, 3.05) is 19.3 Å². The molecule has 22 heavy (non-hydrogen) atoms. The molecule has 0 bridgehead atoms. The predicted octanol–water partition coefficient (Wildman–Crippen LogP) is -0.760. The van der Waals surface area contributed by atoms with Gasteiger partial charge >= 0.3 is 0 Å². The van der Waals surface area contributed by atoms with Gasteiger partial charge in [-0.3, -0.25) is 4.79 Å². The summed E-state index contributed by atoms with van der Waals surface area (Å²) in [5, 5.41) is 10.8. The molecule has 1 saturated heterocycles. The van der Waals surface area contributed by atoms with Crippen LogP contribution in [0, 0.1) is 5.92 Å². The Bertz CT molecular complexity index is 588. The Morgan fingerprint density at radius 2 is 2.18 bits per heavy atom. The highest BCUT2D eigenvalue weighted by molar-refractivity contribution is 7.88. The predicted molar refractivity (Wildman–Crippen MR) is 79.2 cm³/mol. The van der Waals surface area contributed by atoms with Crippen LogP contribution in [0.15, 0.2) is 6.33 Å². The molecule has 2 heterocycles. The maximum atomic E-state index is 12.3. The number of hydrogen-bond donors (Lipinski definition) is 1. The third kappa shape index (κ3) is 4.73. The second-order valence-corrected chi connectivity index (χ2v) is 7.45. The summed E-state index contributed by atoms with van der Waals surface area (Å²) in [5.41, 5.74) is 0. The van der Waals surface area contributed by atoms with Crippen molar-refractivity contribution in [3.63, 3.8) is 0 Å². The maximum absolute atomic E-state index is 12.3.